The third kappa shape index (κ3) is 3.43. The Labute approximate surface area is 127 Å². The largest absolute Gasteiger partial charge is 0.507 e. The topological polar surface area (TPSA) is 72.8 Å². The Hall–Kier alpha value is -2.58. The summed E-state index contributed by atoms with van der Waals surface area (Å²) >= 11 is 0. The molecule has 1 N–H and O–H groups in total. The van der Waals surface area contributed by atoms with E-state index in [-0.39, 0.29) is 12.1 Å². The fourth-order valence-electron chi connectivity index (χ4n) is 1.85. The number of benzene rings is 1. The van der Waals surface area contributed by atoms with E-state index in [4.69, 9.17) is 9.47 Å². The van der Waals surface area contributed by atoms with Crippen molar-refractivity contribution >= 4 is 18.0 Å². The minimum Gasteiger partial charge on any atom is -0.507 e. The van der Waals surface area contributed by atoms with Gasteiger partial charge in [-0.25, -0.2) is 14.0 Å². The summed E-state index contributed by atoms with van der Waals surface area (Å²) < 4.78 is 60.8. The van der Waals surface area contributed by atoms with Gasteiger partial charge < -0.3 is 14.6 Å². The van der Waals surface area contributed by atoms with E-state index in [1.807, 2.05) is 0 Å². The molecule has 1 fully saturated rings. The van der Waals surface area contributed by atoms with Crippen molar-refractivity contribution in [3.05, 3.63) is 34.6 Å². The number of ether oxygens (including phenoxy) is 2. The number of halogens is 4. The van der Waals surface area contributed by atoms with Crippen molar-refractivity contribution in [3.63, 3.8) is 0 Å². The standard InChI is InChI=1S/C14H10F4O5/c1-13(2)22-11(20)7(12(21)23-13)3-6-4-8(14(16,17)18)9(15)5-10(6)19/h3-5,19H,1-2H3. The maximum absolute atomic E-state index is 13.3. The summed E-state index contributed by atoms with van der Waals surface area (Å²) in [6.07, 6.45) is -4.37. The summed E-state index contributed by atoms with van der Waals surface area (Å²) in [7, 11) is 0. The molecule has 0 aromatic heterocycles. The highest BCUT2D eigenvalue weighted by Crippen LogP contribution is 2.36. The molecule has 0 bridgehead atoms. The SMILES string of the molecule is CC1(C)OC(=O)C(=Cc2cc(C(F)(F)F)c(F)cc2O)C(=O)O1. The third-order valence-corrected chi connectivity index (χ3v) is 2.84. The fraction of sp³-hybridized carbons (Fsp3) is 0.286. The lowest BCUT2D eigenvalue weighted by Crippen LogP contribution is -2.41. The molecule has 0 amide bonds. The molecule has 0 atom stereocenters. The highest BCUT2D eigenvalue weighted by Gasteiger charge is 2.39. The number of aromatic hydroxyl groups is 1. The van der Waals surface area contributed by atoms with E-state index in [1.165, 1.54) is 13.8 Å². The van der Waals surface area contributed by atoms with Crippen LogP contribution < -0.4 is 0 Å². The molecule has 0 saturated carbocycles. The number of rotatable bonds is 1. The summed E-state index contributed by atoms with van der Waals surface area (Å²) in [5.41, 5.74) is -2.96. The second-order valence-electron chi connectivity index (χ2n) is 5.13. The monoisotopic (exact) mass is 334 g/mol. The quantitative estimate of drug-likeness (QED) is 0.370. The van der Waals surface area contributed by atoms with Gasteiger partial charge in [-0.2, -0.15) is 13.2 Å². The van der Waals surface area contributed by atoms with Crippen LogP contribution in [-0.4, -0.2) is 22.8 Å². The Kier molecular flexibility index (Phi) is 3.83. The first kappa shape index (κ1) is 16.8. The zero-order valence-corrected chi connectivity index (χ0v) is 11.8. The number of hydrogen-bond acceptors (Lipinski definition) is 5. The van der Waals surface area contributed by atoms with E-state index in [2.05, 4.69) is 0 Å². The normalized spacial score (nSPS) is 17.6. The van der Waals surface area contributed by atoms with Gasteiger partial charge >= 0.3 is 18.1 Å². The van der Waals surface area contributed by atoms with E-state index < -0.39 is 52.2 Å². The molecule has 0 spiro atoms. The molecule has 5 nitrogen and oxygen atoms in total. The van der Waals surface area contributed by atoms with Crippen LogP contribution in [0.4, 0.5) is 17.6 Å². The molecule has 1 aliphatic rings. The predicted molar refractivity (Wildman–Crippen MR) is 67.3 cm³/mol. The number of carbonyl (C=O) groups excluding carboxylic acids is 2. The lowest BCUT2D eigenvalue weighted by atomic mass is 10.0. The fourth-order valence-corrected chi connectivity index (χ4v) is 1.85. The second kappa shape index (κ2) is 5.25. The maximum Gasteiger partial charge on any atom is 0.419 e. The molecule has 0 radical (unpaired) electrons. The van der Waals surface area contributed by atoms with E-state index in [1.54, 1.807) is 0 Å². The maximum atomic E-state index is 13.3. The lowest BCUT2D eigenvalue weighted by Gasteiger charge is -2.29. The van der Waals surface area contributed by atoms with Gasteiger partial charge in [-0.05, 0) is 12.1 Å². The van der Waals surface area contributed by atoms with Gasteiger partial charge in [0.15, 0.2) is 0 Å². The molecular formula is C14H10F4O5. The van der Waals surface area contributed by atoms with Gasteiger partial charge in [0, 0.05) is 25.5 Å². The van der Waals surface area contributed by atoms with Crippen LogP contribution in [0.5, 0.6) is 5.75 Å². The van der Waals surface area contributed by atoms with Gasteiger partial charge in [-0.15, -0.1) is 0 Å². The molecule has 9 heteroatoms. The van der Waals surface area contributed by atoms with Gasteiger partial charge in [-0.1, -0.05) is 0 Å². The van der Waals surface area contributed by atoms with Gasteiger partial charge in [0.1, 0.15) is 17.1 Å². The van der Waals surface area contributed by atoms with Crippen LogP contribution >= 0.6 is 0 Å². The molecular weight excluding hydrogens is 324 g/mol. The van der Waals surface area contributed by atoms with E-state index in [9.17, 15) is 32.3 Å². The van der Waals surface area contributed by atoms with Crippen molar-refractivity contribution in [2.75, 3.05) is 0 Å². The number of esters is 2. The number of cyclic esters (lactones) is 2. The summed E-state index contributed by atoms with van der Waals surface area (Å²) in [5.74, 6) is -6.36. The molecule has 1 aliphatic heterocycles. The van der Waals surface area contributed by atoms with Gasteiger partial charge in [-0.3, -0.25) is 0 Å². The summed E-state index contributed by atoms with van der Waals surface area (Å²) in [5, 5.41) is 9.53. The Balaban J connectivity index is 2.51. The van der Waals surface area contributed by atoms with Gasteiger partial charge in [0.05, 0.1) is 5.56 Å². The zero-order chi connectivity index (χ0) is 17.6. The van der Waals surface area contributed by atoms with Gasteiger partial charge in [0.2, 0.25) is 0 Å². The molecule has 0 aliphatic carbocycles. The highest BCUT2D eigenvalue weighted by atomic mass is 19.4. The summed E-state index contributed by atoms with van der Waals surface area (Å²) in [6.45, 7) is 2.58. The molecule has 1 aromatic carbocycles. The first-order valence-electron chi connectivity index (χ1n) is 6.19. The Morgan fingerprint density at radius 3 is 2.13 bits per heavy atom. The average molecular weight is 334 g/mol. The summed E-state index contributed by atoms with van der Waals surface area (Å²) in [4.78, 5) is 23.4. The van der Waals surface area contributed by atoms with Crippen molar-refractivity contribution in [1.82, 2.24) is 0 Å². The number of phenolic OH excluding ortho intramolecular Hbond substituents is 1. The van der Waals surface area contributed by atoms with Crippen molar-refractivity contribution in [2.45, 2.75) is 25.8 Å². The molecule has 1 aromatic rings. The van der Waals surface area contributed by atoms with Crippen LogP contribution in [0.3, 0.4) is 0 Å². The Morgan fingerprint density at radius 2 is 1.65 bits per heavy atom. The highest BCUT2D eigenvalue weighted by molar-refractivity contribution is 6.19. The molecule has 1 heterocycles. The smallest absolute Gasteiger partial charge is 0.419 e. The van der Waals surface area contributed by atoms with Crippen LogP contribution in [0.15, 0.2) is 17.7 Å². The van der Waals surface area contributed by atoms with Crippen molar-refractivity contribution in [1.29, 1.82) is 0 Å². The number of phenols is 1. The predicted octanol–water partition coefficient (Wildman–Crippen LogP) is 2.77. The second-order valence-corrected chi connectivity index (χ2v) is 5.13. The lowest BCUT2D eigenvalue weighted by molar-refractivity contribution is -0.222. The third-order valence-electron chi connectivity index (χ3n) is 2.84. The van der Waals surface area contributed by atoms with Crippen LogP contribution in [0.2, 0.25) is 0 Å². The summed E-state index contributed by atoms with van der Waals surface area (Å²) in [6, 6.07) is 0.511. The van der Waals surface area contributed by atoms with Crippen LogP contribution in [0.25, 0.3) is 6.08 Å². The minimum absolute atomic E-state index is 0.235. The van der Waals surface area contributed by atoms with Crippen LogP contribution in [0.1, 0.15) is 25.0 Å². The van der Waals surface area contributed by atoms with E-state index >= 15 is 0 Å². The van der Waals surface area contributed by atoms with Crippen molar-refractivity contribution in [2.24, 2.45) is 0 Å². The van der Waals surface area contributed by atoms with E-state index in [0.717, 1.165) is 0 Å². The average Bonchev–Trinajstić information content (AvgIpc) is 2.32. The molecule has 2 rings (SSSR count). The number of carbonyl (C=O) groups is 2. The molecule has 23 heavy (non-hydrogen) atoms. The van der Waals surface area contributed by atoms with Crippen molar-refractivity contribution < 1.29 is 41.7 Å². The minimum atomic E-state index is -5.01. The van der Waals surface area contributed by atoms with Crippen LogP contribution in [-0.2, 0) is 25.2 Å². The molecule has 124 valence electrons. The zero-order valence-electron chi connectivity index (χ0n) is 11.8. The Morgan fingerprint density at radius 1 is 1.13 bits per heavy atom. The number of hydrogen-bond donors (Lipinski definition) is 1. The first-order chi connectivity index (χ1) is 10.4. The first-order valence-corrected chi connectivity index (χ1v) is 6.19. The Bertz CT molecular complexity index is 697. The van der Waals surface area contributed by atoms with Crippen LogP contribution in [0, 0.1) is 5.82 Å². The molecule has 0 unspecified atom stereocenters. The van der Waals surface area contributed by atoms with Crippen molar-refractivity contribution in [3.8, 4) is 5.75 Å². The van der Waals surface area contributed by atoms with Gasteiger partial charge in [0.25, 0.3) is 5.79 Å². The number of alkyl halides is 3. The van der Waals surface area contributed by atoms with E-state index in [0.29, 0.717) is 6.08 Å². The molecule has 1 saturated heterocycles.